The molecule has 5 rings (SSSR count). The van der Waals surface area contributed by atoms with Crippen LogP contribution < -0.4 is 9.47 Å². The molecule has 0 aliphatic rings. The molecule has 5 aromatic carbocycles. The highest BCUT2D eigenvalue weighted by molar-refractivity contribution is 5.53. The first kappa shape index (κ1) is 32.9. The minimum absolute atomic E-state index is 0.0767. The number of ether oxygens (including phenoxy) is 2. The Kier molecular flexibility index (Phi) is 8.95. The molecular weight excluding hydrogens is 608 g/mol. The summed E-state index contributed by atoms with van der Waals surface area (Å²) in [6.07, 6.45) is 0. The van der Waals surface area contributed by atoms with Crippen molar-refractivity contribution in [1.29, 1.82) is 10.5 Å². The molecule has 0 heterocycles. The van der Waals surface area contributed by atoms with E-state index in [9.17, 15) is 30.8 Å². The lowest BCUT2D eigenvalue weighted by Gasteiger charge is -2.31. The maximum Gasteiger partial charge on any atom is 0.271 e. The van der Waals surface area contributed by atoms with E-state index in [1.165, 1.54) is 36.4 Å². The van der Waals surface area contributed by atoms with E-state index in [-0.39, 0.29) is 44.8 Å². The van der Waals surface area contributed by atoms with Crippen LogP contribution in [0.2, 0.25) is 0 Å². The maximum atomic E-state index is 11.1. The fourth-order valence-electron chi connectivity index (χ4n) is 5.38. The van der Waals surface area contributed by atoms with Crippen molar-refractivity contribution in [2.24, 2.45) is 0 Å². The van der Waals surface area contributed by atoms with Crippen molar-refractivity contribution < 1.29 is 19.3 Å². The summed E-state index contributed by atoms with van der Waals surface area (Å²) in [5, 5.41) is 41.1. The Bertz CT molecular complexity index is 1960. The number of benzene rings is 5. The first-order valence-electron chi connectivity index (χ1n) is 14.9. The minimum Gasteiger partial charge on any atom is -0.456 e. The lowest BCUT2D eigenvalue weighted by Crippen LogP contribution is -2.22. The summed E-state index contributed by atoms with van der Waals surface area (Å²) in [6, 6.07) is 35.3. The second-order valence-corrected chi connectivity index (χ2v) is 12.2. The van der Waals surface area contributed by atoms with Gasteiger partial charge in [-0.05, 0) is 58.7 Å². The van der Waals surface area contributed by atoms with Gasteiger partial charge in [-0.1, -0.05) is 76.2 Å². The summed E-state index contributed by atoms with van der Waals surface area (Å²) < 4.78 is 11.8. The van der Waals surface area contributed by atoms with Crippen molar-refractivity contribution in [3.05, 3.63) is 163 Å². The van der Waals surface area contributed by atoms with Gasteiger partial charge in [-0.2, -0.15) is 10.5 Å². The van der Waals surface area contributed by atoms with Gasteiger partial charge in [0, 0.05) is 35.1 Å². The molecule has 0 aromatic heterocycles. The quantitative estimate of drug-likeness (QED) is 0.108. The molecular formula is C38H30N4O6. The van der Waals surface area contributed by atoms with E-state index in [1.807, 2.05) is 66.7 Å². The second kappa shape index (κ2) is 13.1. The van der Waals surface area contributed by atoms with Gasteiger partial charge in [0.05, 0.1) is 9.85 Å². The summed E-state index contributed by atoms with van der Waals surface area (Å²) in [5.41, 5.74) is 3.33. The van der Waals surface area contributed by atoms with E-state index in [0.29, 0.717) is 11.5 Å². The molecule has 0 amide bonds. The van der Waals surface area contributed by atoms with Crippen molar-refractivity contribution in [1.82, 2.24) is 0 Å². The first-order chi connectivity index (χ1) is 22.8. The van der Waals surface area contributed by atoms with E-state index in [0.717, 1.165) is 22.3 Å². The van der Waals surface area contributed by atoms with Crippen LogP contribution in [0.25, 0.3) is 0 Å². The molecule has 5 aromatic rings. The summed E-state index contributed by atoms with van der Waals surface area (Å²) in [5.74, 6) is 1.48. The molecule has 0 aliphatic carbocycles. The zero-order valence-corrected chi connectivity index (χ0v) is 26.6. The number of rotatable bonds is 10. The van der Waals surface area contributed by atoms with Crippen molar-refractivity contribution >= 4 is 11.4 Å². The van der Waals surface area contributed by atoms with Crippen LogP contribution in [0.4, 0.5) is 11.4 Å². The Morgan fingerprint density at radius 2 is 0.917 bits per heavy atom. The fourth-order valence-corrected chi connectivity index (χ4v) is 5.38. The van der Waals surface area contributed by atoms with Gasteiger partial charge >= 0.3 is 0 Å². The van der Waals surface area contributed by atoms with Gasteiger partial charge in [0.1, 0.15) is 46.3 Å². The summed E-state index contributed by atoms with van der Waals surface area (Å²) in [4.78, 5) is 21.0. The number of nitrogens with zero attached hydrogens (tertiary/aromatic N) is 4. The van der Waals surface area contributed by atoms with Crippen molar-refractivity contribution in [3.8, 4) is 35.1 Å². The highest BCUT2D eigenvalue weighted by atomic mass is 16.6. The Balaban J connectivity index is 1.34. The molecule has 10 heteroatoms. The van der Waals surface area contributed by atoms with Gasteiger partial charge < -0.3 is 9.47 Å². The van der Waals surface area contributed by atoms with Gasteiger partial charge in [-0.25, -0.2) is 0 Å². The molecule has 0 aliphatic heterocycles. The zero-order valence-electron chi connectivity index (χ0n) is 26.6. The van der Waals surface area contributed by atoms with Crippen LogP contribution in [-0.4, -0.2) is 9.85 Å². The Morgan fingerprint density at radius 3 is 1.25 bits per heavy atom. The number of hydrogen-bond acceptors (Lipinski definition) is 8. The van der Waals surface area contributed by atoms with Gasteiger partial charge in [-0.3, -0.25) is 20.2 Å². The smallest absolute Gasteiger partial charge is 0.271 e. The Labute approximate surface area is 277 Å². The van der Waals surface area contributed by atoms with Crippen molar-refractivity contribution in [2.45, 2.75) is 38.5 Å². The normalized spacial score (nSPS) is 11.2. The van der Waals surface area contributed by atoms with E-state index in [1.54, 1.807) is 0 Å². The molecule has 0 bridgehead atoms. The lowest BCUT2D eigenvalue weighted by atomic mass is 9.73. The molecule has 0 saturated carbocycles. The minimum atomic E-state index is -0.554. The fraction of sp³-hybridized carbons (Fsp3) is 0.158. The number of nitro groups is 2. The predicted molar refractivity (Wildman–Crippen MR) is 179 cm³/mol. The predicted octanol–water partition coefficient (Wildman–Crippen LogP) is 9.48. The summed E-state index contributed by atoms with van der Waals surface area (Å²) >= 11 is 0. The average Bonchev–Trinajstić information content (AvgIpc) is 3.09. The molecule has 0 spiro atoms. The summed E-state index contributed by atoms with van der Waals surface area (Å²) in [6.45, 7) is 8.55. The molecule has 48 heavy (non-hydrogen) atoms. The zero-order chi connectivity index (χ0) is 34.6. The third-order valence-electron chi connectivity index (χ3n) is 8.50. The van der Waals surface area contributed by atoms with Gasteiger partial charge in [0.15, 0.2) is 0 Å². The monoisotopic (exact) mass is 638 g/mol. The van der Waals surface area contributed by atoms with E-state index >= 15 is 0 Å². The molecule has 238 valence electrons. The van der Waals surface area contributed by atoms with E-state index < -0.39 is 9.85 Å². The van der Waals surface area contributed by atoms with Gasteiger partial charge in [0.2, 0.25) is 0 Å². The highest BCUT2D eigenvalue weighted by Gasteiger charge is 2.28. The van der Waals surface area contributed by atoms with Gasteiger partial charge in [0.25, 0.3) is 11.4 Å². The number of nitro benzene ring substituents is 2. The van der Waals surface area contributed by atoms with Crippen LogP contribution in [0.3, 0.4) is 0 Å². The van der Waals surface area contributed by atoms with Crippen LogP contribution in [0.5, 0.6) is 23.0 Å². The molecule has 0 N–H and O–H groups in total. The third kappa shape index (κ3) is 6.69. The Hall–Kier alpha value is -6.52. The number of non-ortho nitro benzene ring substituents is 2. The summed E-state index contributed by atoms with van der Waals surface area (Å²) in [7, 11) is 0. The average molecular weight is 639 g/mol. The topological polar surface area (TPSA) is 152 Å². The molecule has 0 atom stereocenters. The molecule has 0 unspecified atom stereocenters. The molecule has 0 radical (unpaired) electrons. The molecule has 0 saturated heterocycles. The van der Waals surface area contributed by atoms with Crippen LogP contribution in [0, 0.1) is 42.9 Å². The third-order valence-corrected chi connectivity index (χ3v) is 8.50. The van der Waals surface area contributed by atoms with Gasteiger partial charge in [-0.15, -0.1) is 0 Å². The number of nitriles is 2. The van der Waals surface area contributed by atoms with Crippen molar-refractivity contribution in [3.63, 3.8) is 0 Å². The number of hydrogen-bond donors (Lipinski definition) is 0. The maximum absolute atomic E-state index is 11.1. The van der Waals surface area contributed by atoms with E-state index in [4.69, 9.17) is 9.47 Å². The molecule has 10 nitrogen and oxygen atoms in total. The molecule has 0 fully saturated rings. The van der Waals surface area contributed by atoms with Crippen LogP contribution in [0.1, 0.15) is 61.1 Å². The Morgan fingerprint density at radius 1 is 0.542 bits per heavy atom. The largest absolute Gasteiger partial charge is 0.456 e. The highest BCUT2D eigenvalue weighted by Crippen LogP contribution is 2.39. The van der Waals surface area contributed by atoms with Crippen LogP contribution in [-0.2, 0) is 10.8 Å². The first-order valence-corrected chi connectivity index (χ1v) is 14.9. The SMILES string of the molecule is CC(C)(c1ccc(Oc2ccc([N+](=O)[O-])cc2C#N)cc1)c1cccc(C(C)(C)c2ccc(Oc3ccc([N+](=O)[O-])cc3C#N)cc2)c1. The van der Waals surface area contributed by atoms with Crippen LogP contribution >= 0.6 is 0 Å². The second-order valence-electron chi connectivity index (χ2n) is 12.2. The standard InChI is InChI=1S/C38H30N4O6/c1-37(2,27-8-14-33(15-9-27)47-35-18-12-31(41(43)44)20-25(35)23-39)29-6-5-7-30(22-29)38(3,4)28-10-16-34(17-11-28)48-36-19-13-32(42(45)46)21-26(36)24-40/h5-22H,1-4H3. The van der Waals surface area contributed by atoms with E-state index in [2.05, 4.69) is 45.9 Å². The lowest BCUT2D eigenvalue weighted by molar-refractivity contribution is -0.385. The van der Waals surface area contributed by atoms with Crippen LogP contribution in [0.15, 0.2) is 109 Å². The van der Waals surface area contributed by atoms with Crippen molar-refractivity contribution in [2.75, 3.05) is 0 Å².